The van der Waals surface area contributed by atoms with Crippen molar-refractivity contribution in [1.29, 1.82) is 5.26 Å². The maximum absolute atomic E-state index is 12.8. The van der Waals surface area contributed by atoms with Gasteiger partial charge in [0.1, 0.15) is 17.3 Å². The minimum atomic E-state index is -0.128. The van der Waals surface area contributed by atoms with Gasteiger partial charge in [0.2, 0.25) is 0 Å². The molecule has 188 valence electrons. The molecule has 2 aromatic heterocycles. The third-order valence-electron chi connectivity index (χ3n) is 6.10. The van der Waals surface area contributed by atoms with Crippen LogP contribution in [0.2, 0.25) is 5.02 Å². The zero-order valence-corrected chi connectivity index (χ0v) is 21.8. The number of carbonyl (C=O) groups is 1. The number of nitrogens with one attached hydrogen (secondary N) is 1. The number of ether oxygens (including phenoxy) is 1. The molecule has 4 rings (SSSR count). The molecule has 3 heterocycles. The summed E-state index contributed by atoms with van der Waals surface area (Å²) in [5.74, 6) is 1.72. The van der Waals surface area contributed by atoms with E-state index < -0.39 is 0 Å². The third-order valence-corrected chi connectivity index (χ3v) is 7.11. The van der Waals surface area contributed by atoms with E-state index in [4.69, 9.17) is 26.6 Å². The number of piperidine rings is 1. The normalized spacial score (nSPS) is 14.2. The first-order valence-corrected chi connectivity index (χ1v) is 13.2. The fourth-order valence-electron chi connectivity index (χ4n) is 4.09. The number of hydrogen-bond donors (Lipinski definition) is 1. The third kappa shape index (κ3) is 7.17. The molecule has 0 bridgehead atoms. The molecule has 0 saturated carbocycles. The molecule has 1 aliphatic heterocycles. The second-order valence-electron chi connectivity index (χ2n) is 8.70. The fourth-order valence-corrected chi connectivity index (χ4v) is 4.91. The maximum atomic E-state index is 12.8. The molecule has 0 spiro atoms. The van der Waals surface area contributed by atoms with E-state index in [9.17, 15) is 4.79 Å². The van der Waals surface area contributed by atoms with Crippen LogP contribution in [-0.4, -0.2) is 65.5 Å². The Morgan fingerprint density at radius 2 is 2.03 bits per heavy atom. The zero-order valence-electron chi connectivity index (χ0n) is 20.2. The Hall–Kier alpha value is -3.19. The Morgan fingerprint density at radius 1 is 1.25 bits per heavy atom. The Labute approximate surface area is 220 Å². The first-order chi connectivity index (χ1) is 17.5. The van der Waals surface area contributed by atoms with Crippen LogP contribution in [0.25, 0.3) is 0 Å². The smallest absolute Gasteiger partial charge is 0.273 e. The standard InChI is InChI=1S/C26H29ClN6O2S/c1-32(13-3-17-35-21-8-6-20(27)7-9-21)25(34)23-18-36-26(30-23)31-24-5-2-4-22(29-24)19-10-14-33(15-11-19)16-12-28/h2,4-9,18-19H,3,10-11,13-17H2,1H3,(H,29,30,31). The molecule has 0 aliphatic carbocycles. The van der Waals surface area contributed by atoms with E-state index in [1.54, 1.807) is 29.5 Å². The quantitative estimate of drug-likeness (QED) is 0.288. The van der Waals surface area contributed by atoms with E-state index in [1.165, 1.54) is 11.3 Å². The topological polar surface area (TPSA) is 94.4 Å². The second-order valence-corrected chi connectivity index (χ2v) is 10.00. The van der Waals surface area contributed by atoms with Crippen molar-refractivity contribution in [2.45, 2.75) is 25.2 Å². The number of halogens is 1. The molecule has 3 aromatic rings. The number of aromatic nitrogens is 2. The van der Waals surface area contributed by atoms with E-state index in [-0.39, 0.29) is 5.91 Å². The van der Waals surface area contributed by atoms with E-state index >= 15 is 0 Å². The number of thiazole rings is 1. The predicted octanol–water partition coefficient (Wildman–Crippen LogP) is 5.18. The highest BCUT2D eigenvalue weighted by atomic mass is 35.5. The Morgan fingerprint density at radius 3 is 2.78 bits per heavy atom. The van der Waals surface area contributed by atoms with Crippen LogP contribution in [0, 0.1) is 11.3 Å². The Kier molecular flexibility index (Phi) is 9.11. The van der Waals surface area contributed by atoms with Crippen molar-refractivity contribution in [3.63, 3.8) is 0 Å². The van der Waals surface area contributed by atoms with Crippen LogP contribution in [0.4, 0.5) is 10.9 Å². The molecule has 0 unspecified atom stereocenters. The van der Waals surface area contributed by atoms with Gasteiger partial charge in [0.15, 0.2) is 5.13 Å². The summed E-state index contributed by atoms with van der Waals surface area (Å²) in [6.07, 6.45) is 2.68. The van der Waals surface area contributed by atoms with Crippen LogP contribution in [-0.2, 0) is 0 Å². The molecule has 1 fully saturated rings. The number of carbonyl (C=O) groups excluding carboxylic acids is 1. The SMILES string of the molecule is CN(CCCOc1ccc(Cl)cc1)C(=O)c1csc(Nc2cccc(C3CCN(CC#N)CC3)n2)n1. The van der Waals surface area contributed by atoms with Gasteiger partial charge in [-0.15, -0.1) is 11.3 Å². The lowest BCUT2D eigenvalue weighted by atomic mass is 9.93. The number of pyridine rings is 1. The average Bonchev–Trinajstić information content (AvgIpc) is 3.36. The summed E-state index contributed by atoms with van der Waals surface area (Å²) >= 11 is 7.27. The number of rotatable bonds is 10. The molecule has 1 saturated heterocycles. The van der Waals surface area contributed by atoms with Gasteiger partial charge in [-0.25, -0.2) is 9.97 Å². The molecular formula is C26H29ClN6O2S. The monoisotopic (exact) mass is 524 g/mol. The van der Waals surface area contributed by atoms with Gasteiger partial charge in [-0.3, -0.25) is 9.69 Å². The van der Waals surface area contributed by atoms with Gasteiger partial charge >= 0.3 is 0 Å². The molecular weight excluding hydrogens is 496 g/mol. The first-order valence-electron chi connectivity index (χ1n) is 11.9. The molecule has 0 atom stereocenters. The highest BCUT2D eigenvalue weighted by Crippen LogP contribution is 2.28. The largest absolute Gasteiger partial charge is 0.494 e. The van der Waals surface area contributed by atoms with Crippen molar-refractivity contribution < 1.29 is 9.53 Å². The summed E-state index contributed by atoms with van der Waals surface area (Å²) in [4.78, 5) is 25.9. The summed E-state index contributed by atoms with van der Waals surface area (Å²) in [6.45, 7) is 3.37. The van der Waals surface area contributed by atoms with E-state index in [2.05, 4.69) is 27.3 Å². The number of nitriles is 1. The van der Waals surface area contributed by atoms with E-state index in [1.807, 2.05) is 24.3 Å². The maximum Gasteiger partial charge on any atom is 0.273 e. The zero-order chi connectivity index (χ0) is 25.3. The predicted molar refractivity (Wildman–Crippen MR) is 142 cm³/mol. The summed E-state index contributed by atoms with van der Waals surface area (Å²) in [5, 5.41) is 15.2. The van der Waals surface area contributed by atoms with Crippen molar-refractivity contribution in [3.05, 3.63) is 64.3 Å². The molecule has 36 heavy (non-hydrogen) atoms. The molecule has 1 aromatic carbocycles. The average molecular weight is 525 g/mol. The van der Waals surface area contributed by atoms with Crippen LogP contribution >= 0.6 is 22.9 Å². The number of amides is 1. The van der Waals surface area contributed by atoms with Crippen LogP contribution in [0.5, 0.6) is 5.75 Å². The number of benzene rings is 1. The van der Waals surface area contributed by atoms with Gasteiger partial charge < -0.3 is 15.0 Å². The number of hydrogen-bond acceptors (Lipinski definition) is 8. The van der Waals surface area contributed by atoms with Crippen LogP contribution in [0.15, 0.2) is 47.8 Å². The van der Waals surface area contributed by atoms with Crippen molar-refractivity contribution in [2.75, 3.05) is 45.2 Å². The lowest BCUT2D eigenvalue weighted by Gasteiger charge is -2.29. The number of anilines is 2. The van der Waals surface area contributed by atoms with Crippen LogP contribution in [0.1, 0.15) is 41.4 Å². The summed E-state index contributed by atoms with van der Waals surface area (Å²) in [5.41, 5.74) is 1.45. The Balaban J connectivity index is 1.25. The lowest BCUT2D eigenvalue weighted by molar-refractivity contribution is 0.0783. The summed E-state index contributed by atoms with van der Waals surface area (Å²) < 4.78 is 5.69. The highest BCUT2D eigenvalue weighted by Gasteiger charge is 2.22. The van der Waals surface area contributed by atoms with Crippen molar-refractivity contribution in [3.8, 4) is 11.8 Å². The molecule has 0 radical (unpaired) electrons. The molecule has 1 N–H and O–H groups in total. The summed E-state index contributed by atoms with van der Waals surface area (Å²) in [7, 11) is 1.77. The summed E-state index contributed by atoms with van der Waals surface area (Å²) in [6, 6.07) is 15.4. The van der Waals surface area contributed by atoms with Gasteiger partial charge in [0.25, 0.3) is 5.91 Å². The molecule has 10 heteroatoms. The van der Waals surface area contributed by atoms with Gasteiger partial charge in [-0.05, 0) is 68.8 Å². The van der Waals surface area contributed by atoms with Gasteiger partial charge in [-0.1, -0.05) is 17.7 Å². The Bertz CT molecular complexity index is 1190. The van der Waals surface area contributed by atoms with Crippen molar-refractivity contribution in [1.82, 2.24) is 19.8 Å². The highest BCUT2D eigenvalue weighted by molar-refractivity contribution is 7.14. The van der Waals surface area contributed by atoms with Gasteiger partial charge in [0.05, 0.1) is 19.2 Å². The fraction of sp³-hybridized carbons (Fsp3) is 0.385. The number of likely N-dealkylation sites (tertiary alicyclic amines) is 1. The lowest BCUT2D eigenvalue weighted by Crippen LogP contribution is -2.33. The minimum absolute atomic E-state index is 0.128. The second kappa shape index (κ2) is 12.7. The molecule has 1 amide bonds. The van der Waals surface area contributed by atoms with Crippen LogP contribution < -0.4 is 10.1 Å². The van der Waals surface area contributed by atoms with Gasteiger partial charge in [-0.2, -0.15) is 5.26 Å². The van der Waals surface area contributed by atoms with Gasteiger partial charge in [0, 0.05) is 35.6 Å². The van der Waals surface area contributed by atoms with E-state index in [0.29, 0.717) is 53.7 Å². The minimum Gasteiger partial charge on any atom is -0.494 e. The molecule has 1 aliphatic rings. The van der Waals surface area contributed by atoms with E-state index in [0.717, 1.165) is 37.4 Å². The van der Waals surface area contributed by atoms with Crippen LogP contribution in [0.3, 0.4) is 0 Å². The van der Waals surface area contributed by atoms with Crippen molar-refractivity contribution in [2.24, 2.45) is 0 Å². The molecule has 8 nitrogen and oxygen atoms in total. The first kappa shape index (κ1) is 25.9. The number of nitrogens with zero attached hydrogens (tertiary/aromatic N) is 5. The van der Waals surface area contributed by atoms with Crippen molar-refractivity contribution >= 4 is 39.8 Å².